The van der Waals surface area contributed by atoms with Gasteiger partial charge in [-0.3, -0.25) is 44.5 Å². The molecule has 12 heterocycles. The van der Waals surface area contributed by atoms with Crippen LogP contribution in [-0.4, -0.2) is 232 Å². The van der Waals surface area contributed by atoms with Gasteiger partial charge in [0.25, 0.3) is 0 Å². The van der Waals surface area contributed by atoms with Crippen molar-refractivity contribution in [1.29, 1.82) is 0 Å². The molecule has 43 heteroatoms. The van der Waals surface area contributed by atoms with E-state index in [1.807, 2.05) is 121 Å². The highest BCUT2D eigenvalue weighted by Gasteiger charge is 2.36. The Morgan fingerprint density at radius 1 is 0.430 bits per heavy atom. The van der Waals surface area contributed by atoms with Gasteiger partial charge in [0.15, 0.2) is 46.5 Å². The largest absolute Gasteiger partial charge is 0.342 e. The average molecular weight is 2030 g/mol. The molecule has 16 rings (SSSR count). The minimum absolute atomic E-state index is 0.0415. The van der Waals surface area contributed by atoms with E-state index in [0.29, 0.717) is 137 Å². The number of benzene rings is 4. The Morgan fingerprint density at radius 3 is 1.06 bits per heavy atom. The van der Waals surface area contributed by atoms with Gasteiger partial charge in [0.2, 0.25) is 41.5 Å². The molecular formula is C99H125Cl4F4N31O4. The van der Waals surface area contributed by atoms with Crippen molar-refractivity contribution in [2.24, 2.45) is 5.73 Å². The molecule has 35 nitrogen and oxygen atoms in total. The number of amides is 4. The average Bonchev–Trinajstić information content (AvgIpc) is 0.906. The number of carbonyl (C=O) groups is 4. The van der Waals surface area contributed by atoms with E-state index < -0.39 is 17.4 Å². The molecule has 15 N–H and O–H groups in total. The summed E-state index contributed by atoms with van der Waals surface area (Å²) in [6.45, 7) is 34.4. The Balaban J connectivity index is 0.000000159. The van der Waals surface area contributed by atoms with Gasteiger partial charge in [0.05, 0.1) is 66.0 Å². The lowest BCUT2D eigenvalue weighted by atomic mass is 9.85. The van der Waals surface area contributed by atoms with Crippen LogP contribution in [-0.2, 0) is 25.6 Å². The highest BCUT2D eigenvalue weighted by atomic mass is 35.5. The van der Waals surface area contributed by atoms with Gasteiger partial charge in [-0.25, -0.2) is 42.5 Å². The molecular weight excluding hydrogens is 1910 g/mol. The summed E-state index contributed by atoms with van der Waals surface area (Å²) < 4.78 is 60.6. The molecule has 0 saturated carbocycles. The molecule has 0 radical (unpaired) electrons. The lowest BCUT2D eigenvalue weighted by Crippen LogP contribution is -2.54. The molecule has 4 amide bonds. The number of hydrogen-bond acceptors (Lipinski definition) is 27. The fourth-order valence-corrected chi connectivity index (χ4v) is 18.2. The standard InChI is InChI=1S/C27H35ClFN7O.C25H32ClFN8O.C24H30ClFN8O.C23H28ClFN8O/c1-5-35(6-2)16-26(37)36-9-7-19(8-10-36)21-14-23(29)20(11-17(21)3)13-24-30-15-22(28)27(31-24)32-25-12-18(4)33-34-25;1-14-10-20(30-24-29-13-18(26)22(32-24)31-21-11-15(2)33-34-21)19(27)12-17(14)16-6-8-35(9-7-16)23(36)25(3,4)28-5;1-13-9-20(29-24-28-12-18(25)22(31-24)30-21-10-14(2)32-33-21)19(26)11-17(13)16-5-7-34(8-6-16)23(35)15(3)27-4;1-12-8-19(18(25)10-16(12)15-4-6-33(7-5-15)22(34)14(3)26)28-23-27-11-17(24)21(30-23)29-20-9-13(2)31-32-20/h11-12,14-15,19H,5-10,13,16H2,1-4H3,(H2,30,31,32,33,34);10-13,16,28H,6-9H2,1-5H3,(H3,29,30,31,32,33,34);9-12,15-16,27H,5-8H2,1-4H3,(H3,28,29,30,31,32,33);8-11,14-15H,4-7,26H2,1-3H3,(H3,27,28,29,30,31,32). The fraction of sp³-hybridized carbons (Fsp3) is 0.434. The second-order valence-corrected chi connectivity index (χ2v) is 38.5. The van der Waals surface area contributed by atoms with Crippen molar-refractivity contribution in [1.82, 2.24) is 116 Å². The fourth-order valence-electron chi connectivity index (χ4n) is 17.7. The summed E-state index contributed by atoms with van der Waals surface area (Å²) in [4.78, 5) is 94.0. The van der Waals surface area contributed by atoms with Gasteiger partial charge in [0, 0.05) is 106 Å². The van der Waals surface area contributed by atoms with Crippen molar-refractivity contribution in [2.45, 2.75) is 196 Å². The number of likely N-dealkylation sites (N-methyl/N-ethyl adjacent to an activating group) is 3. The molecule has 142 heavy (non-hydrogen) atoms. The normalized spacial score (nSPS) is 14.9. The quantitative estimate of drug-likeness (QED) is 0.0194. The Hall–Kier alpha value is -12.8. The van der Waals surface area contributed by atoms with Gasteiger partial charge in [-0.2, -0.15) is 35.3 Å². The third-order valence-corrected chi connectivity index (χ3v) is 27.1. The monoisotopic (exact) mass is 2030 g/mol. The van der Waals surface area contributed by atoms with E-state index >= 15 is 17.6 Å². The van der Waals surface area contributed by atoms with Crippen LogP contribution in [0, 0.1) is 78.7 Å². The first-order valence-electron chi connectivity index (χ1n) is 47.5. The molecule has 2 atom stereocenters. The number of piperidine rings is 4. The molecule has 4 aliphatic rings. The number of anilines is 14. The van der Waals surface area contributed by atoms with Crippen molar-refractivity contribution in [2.75, 3.05) is 123 Å². The smallest absolute Gasteiger partial charge is 0.242 e. The predicted molar refractivity (Wildman–Crippen MR) is 549 cm³/mol. The van der Waals surface area contributed by atoms with Crippen LogP contribution in [0.3, 0.4) is 0 Å². The van der Waals surface area contributed by atoms with E-state index in [1.165, 1.54) is 24.8 Å². The van der Waals surface area contributed by atoms with E-state index in [2.05, 4.69) is 147 Å². The Kier molecular flexibility index (Phi) is 36.3. The van der Waals surface area contributed by atoms with Crippen molar-refractivity contribution in [3.8, 4) is 0 Å². The zero-order valence-corrected chi connectivity index (χ0v) is 85.7. The maximum atomic E-state index is 15.2. The first kappa shape index (κ1) is 107. The Labute approximate surface area is 843 Å². The molecule has 0 bridgehead atoms. The summed E-state index contributed by atoms with van der Waals surface area (Å²) in [5.41, 5.74) is 17.9. The van der Waals surface area contributed by atoms with E-state index in [4.69, 9.17) is 52.1 Å². The number of nitrogens with two attached hydrogens (primary N) is 1. The van der Waals surface area contributed by atoms with Gasteiger partial charge in [-0.15, -0.1) is 0 Å². The molecule has 4 aromatic carbocycles. The third-order valence-electron chi connectivity index (χ3n) is 26.0. The van der Waals surface area contributed by atoms with Crippen LogP contribution in [0.4, 0.5) is 99.0 Å². The minimum Gasteiger partial charge on any atom is -0.342 e. The van der Waals surface area contributed by atoms with Crippen LogP contribution in [0.15, 0.2) is 97.6 Å². The molecule has 4 saturated heterocycles. The van der Waals surface area contributed by atoms with Crippen LogP contribution in [0.25, 0.3) is 0 Å². The van der Waals surface area contributed by atoms with E-state index in [0.717, 1.165) is 132 Å². The summed E-state index contributed by atoms with van der Waals surface area (Å²) in [6, 6.07) is 20.1. The minimum atomic E-state index is -0.599. The first-order chi connectivity index (χ1) is 67.8. The van der Waals surface area contributed by atoms with Gasteiger partial charge in [-0.1, -0.05) is 66.3 Å². The van der Waals surface area contributed by atoms with Crippen LogP contribution < -0.4 is 53.6 Å². The zero-order chi connectivity index (χ0) is 102. The van der Waals surface area contributed by atoms with E-state index in [1.54, 1.807) is 68.4 Å². The predicted octanol–water partition coefficient (Wildman–Crippen LogP) is 18.4. The SMILES string of the molecule is CCN(CC)CC(=O)N1CCC(c2cc(F)c(Cc3ncc(Cl)c(Nc4cc(C)[nH]n4)n3)cc2C)CC1.CNC(C)(C)C(=O)N1CCC(c2cc(F)c(Nc3ncc(Cl)c(Nc4cc(C)[nH]n4)n3)cc2C)CC1.CNC(C)C(=O)N1CCC(c2cc(F)c(Nc3ncc(Cl)c(Nc4cc(C)[nH]n4)n3)cc2C)CC1.Cc1cc(Nc2nc(Nc3cc(C)c(C4CCN(C(=O)C(C)N)CC4)cc3F)ncc2Cl)n[nH]1. The number of nitrogens with one attached hydrogen (secondary N) is 13. The highest BCUT2D eigenvalue weighted by molar-refractivity contribution is 6.34. The second-order valence-electron chi connectivity index (χ2n) is 36.9. The summed E-state index contributed by atoms with van der Waals surface area (Å²) in [5, 5.41) is 56.2. The number of carbonyl (C=O) groups excluding carboxylic acids is 4. The second kappa shape index (κ2) is 48.3. The third kappa shape index (κ3) is 27.8. The Bertz CT molecular complexity index is 6400. The van der Waals surface area contributed by atoms with Crippen LogP contribution in [0.5, 0.6) is 0 Å². The van der Waals surface area contributed by atoms with Gasteiger partial charge in [0.1, 0.15) is 49.2 Å². The van der Waals surface area contributed by atoms with Gasteiger partial charge in [-0.05, 0) is 278 Å². The van der Waals surface area contributed by atoms with Crippen LogP contribution in [0.2, 0.25) is 20.1 Å². The first-order valence-corrected chi connectivity index (χ1v) is 49.1. The molecule has 2 unspecified atom stereocenters. The number of aryl methyl sites for hydroxylation is 8. The summed E-state index contributed by atoms with van der Waals surface area (Å²) in [5.74, 6) is 4.56. The van der Waals surface area contributed by atoms with Crippen LogP contribution >= 0.6 is 46.4 Å². The van der Waals surface area contributed by atoms with E-state index in [-0.39, 0.29) is 112 Å². The van der Waals surface area contributed by atoms with Crippen molar-refractivity contribution in [3.63, 3.8) is 0 Å². The summed E-state index contributed by atoms with van der Waals surface area (Å²) >= 11 is 24.9. The topological polar surface area (TPSA) is 437 Å². The Morgan fingerprint density at radius 2 is 0.739 bits per heavy atom. The lowest BCUT2D eigenvalue weighted by Gasteiger charge is -2.37. The van der Waals surface area contributed by atoms with E-state index in [9.17, 15) is 19.2 Å². The van der Waals surface area contributed by atoms with Crippen molar-refractivity contribution < 1.29 is 36.7 Å². The molecule has 4 aliphatic heterocycles. The lowest BCUT2D eigenvalue weighted by molar-refractivity contribution is -0.138. The van der Waals surface area contributed by atoms with Gasteiger partial charge < -0.3 is 73.2 Å². The number of aromatic nitrogens is 16. The number of likely N-dealkylation sites (tertiary alicyclic amines) is 4. The molecule has 12 aromatic rings. The van der Waals surface area contributed by atoms with Crippen molar-refractivity contribution in [3.05, 3.63) is 220 Å². The summed E-state index contributed by atoms with van der Waals surface area (Å²) in [7, 11) is 3.57. The number of H-pyrrole nitrogens is 4. The molecule has 8 aromatic heterocycles. The number of hydrogen-bond donors (Lipinski definition) is 14. The zero-order valence-electron chi connectivity index (χ0n) is 82.7. The molecule has 4 fully saturated rings. The number of halogens is 8. The number of nitrogens with zero attached hydrogens (tertiary/aromatic N) is 17. The maximum Gasteiger partial charge on any atom is 0.242 e. The van der Waals surface area contributed by atoms with Crippen molar-refractivity contribution >= 4 is 151 Å². The van der Waals surface area contributed by atoms with Crippen LogP contribution in [0.1, 0.15) is 195 Å². The summed E-state index contributed by atoms with van der Waals surface area (Å²) in [6.07, 6.45) is 12.5. The number of aromatic amines is 4. The van der Waals surface area contributed by atoms with Gasteiger partial charge >= 0.3 is 0 Å². The molecule has 0 spiro atoms. The number of rotatable bonds is 29. The molecule has 756 valence electrons. The maximum absolute atomic E-state index is 15.2. The highest BCUT2D eigenvalue weighted by Crippen LogP contribution is 2.41. The molecule has 0 aliphatic carbocycles.